The summed E-state index contributed by atoms with van der Waals surface area (Å²) < 4.78 is 26.2. The summed E-state index contributed by atoms with van der Waals surface area (Å²) in [5, 5.41) is 0.700. The molecule has 1 heterocycles. The highest BCUT2D eigenvalue weighted by Crippen LogP contribution is 2.33. The van der Waals surface area contributed by atoms with Crippen molar-refractivity contribution in [2.75, 3.05) is 21.3 Å². The van der Waals surface area contributed by atoms with Crippen molar-refractivity contribution >= 4 is 16.9 Å². The van der Waals surface area contributed by atoms with Gasteiger partial charge in [-0.3, -0.25) is 0 Å². The molecule has 0 amide bonds. The number of ether oxygens (including phenoxy) is 4. The molecule has 0 unspecified atom stereocenters. The molecule has 1 aromatic heterocycles. The summed E-state index contributed by atoms with van der Waals surface area (Å²) in [5.74, 6) is 1.01. The lowest BCUT2D eigenvalue weighted by molar-refractivity contribution is -0.147. The molecule has 0 saturated carbocycles. The van der Waals surface area contributed by atoms with Crippen molar-refractivity contribution in [1.29, 1.82) is 0 Å². The lowest BCUT2D eigenvalue weighted by Gasteiger charge is -2.13. The van der Waals surface area contributed by atoms with Crippen LogP contribution >= 0.6 is 0 Å². The van der Waals surface area contributed by atoms with Gasteiger partial charge in [0.25, 0.3) is 0 Å². The second-order valence-electron chi connectivity index (χ2n) is 6.00. The van der Waals surface area contributed by atoms with Crippen LogP contribution in [0.1, 0.15) is 6.92 Å². The second-order valence-corrected chi connectivity index (χ2v) is 6.00. The highest BCUT2D eigenvalue weighted by molar-refractivity contribution is 5.84. The fourth-order valence-electron chi connectivity index (χ4n) is 2.79. The summed E-state index contributed by atoms with van der Waals surface area (Å²) in [5.41, 5.74) is 0.784. The van der Waals surface area contributed by atoms with Crippen molar-refractivity contribution in [3.8, 4) is 28.4 Å². The summed E-state index contributed by atoms with van der Waals surface area (Å²) >= 11 is 0. The predicted octanol–water partition coefficient (Wildman–Crippen LogP) is 3.42. The molecule has 0 radical (unpaired) electrons. The van der Waals surface area contributed by atoms with Crippen LogP contribution in [0.2, 0.25) is 0 Å². The van der Waals surface area contributed by atoms with Gasteiger partial charge in [-0.05, 0) is 37.3 Å². The van der Waals surface area contributed by atoms with Crippen LogP contribution in [0.15, 0.2) is 51.7 Å². The third-order valence-corrected chi connectivity index (χ3v) is 4.25. The Hall–Kier alpha value is -3.48. The van der Waals surface area contributed by atoms with E-state index in [0.717, 1.165) is 0 Å². The molecule has 7 nitrogen and oxygen atoms in total. The van der Waals surface area contributed by atoms with Crippen molar-refractivity contribution < 1.29 is 28.2 Å². The van der Waals surface area contributed by atoms with Crippen molar-refractivity contribution in [1.82, 2.24) is 0 Å². The number of hydrogen-bond acceptors (Lipinski definition) is 7. The number of esters is 1. The fraction of sp³-hybridized carbons (Fsp3) is 0.238. The molecule has 0 aliphatic carbocycles. The van der Waals surface area contributed by atoms with E-state index in [1.807, 2.05) is 0 Å². The molecule has 28 heavy (non-hydrogen) atoms. The van der Waals surface area contributed by atoms with E-state index in [2.05, 4.69) is 4.74 Å². The van der Waals surface area contributed by atoms with Crippen LogP contribution in [0.4, 0.5) is 0 Å². The molecule has 0 aliphatic rings. The number of benzene rings is 2. The first-order valence-electron chi connectivity index (χ1n) is 8.51. The third-order valence-electron chi connectivity index (χ3n) is 4.25. The maximum atomic E-state index is 12.6. The van der Waals surface area contributed by atoms with E-state index in [0.29, 0.717) is 39.3 Å². The largest absolute Gasteiger partial charge is 0.497 e. The molecular formula is C21H20O7. The van der Waals surface area contributed by atoms with Gasteiger partial charge < -0.3 is 23.4 Å². The molecular weight excluding hydrogens is 364 g/mol. The summed E-state index contributed by atoms with van der Waals surface area (Å²) in [4.78, 5) is 24.1. The first-order chi connectivity index (χ1) is 13.5. The summed E-state index contributed by atoms with van der Waals surface area (Å²) in [6.07, 6.45) is -0.781. The van der Waals surface area contributed by atoms with Crippen LogP contribution in [-0.4, -0.2) is 33.4 Å². The van der Waals surface area contributed by atoms with Crippen LogP contribution in [0.25, 0.3) is 22.1 Å². The SMILES string of the molecule is COC(=O)[C@H](C)Oc1ccc2cc(-c3ccc(OC)cc3OC)c(=O)oc2c1. The van der Waals surface area contributed by atoms with Gasteiger partial charge in [0.05, 0.1) is 26.9 Å². The van der Waals surface area contributed by atoms with Crippen LogP contribution in [0.3, 0.4) is 0 Å². The van der Waals surface area contributed by atoms with Gasteiger partial charge in [-0.15, -0.1) is 0 Å². The maximum Gasteiger partial charge on any atom is 0.346 e. The summed E-state index contributed by atoms with van der Waals surface area (Å²) in [6, 6.07) is 11.9. The quantitative estimate of drug-likeness (QED) is 0.476. The van der Waals surface area contributed by atoms with Crippen LogP contribution in [0, 0.1) is 0 Å². The molecule has 0 aliphatic heterocycles. The van der Waals surface area contributed by atoms with Gasteiger partial charge in [0.1, 0.15) is 22.8 Å². The van der Waals surface area contributed by atoms with Gasteiger partial charge >= 0.3 is 11.6 Å². The van der Waals surface area contributed by atoms with Gasteiger partial charge in [0, 0.05) is 23.1 Å². The minimum atomic E-state index is -0.781. The molecule has 0 N–H and O–H groups in total. The van der Waals surface area contributed by atoms with Crippen molar-refractivity contribution in [3.63, 3.8) is 0 Å². The van der Waals surface area contributed by atoms with E-state index in [1.54, 1.807) is 56.5 Å². The normalized spacial score (nSPS) is 11.7. The molecule has 7 heteroatoms. The van der Waals surface area contributed by atoms with E-state index in [1.165, 1.54) is 14.2 Å². The van der Waals surface area contributed by atoms with Gasteiger partial charge in [-0.25, -0.2) is 9.59 Å². The average Bonchev–Trinajstić information content (AvgIpc) is 2.72. The lowest BCUT2D eigenvalue weighted by atomic mass is 10.0. The third kappa shape index (κ3) is 3.78. The molecule has 0 spiro atoms. The number of methoxy groups -OCH3 is 3. The molecule has 3 aromatic rings. The molecule has 3 rings (SSSR count). The Morgan fingerprint density at radius 2 is 1.68 bits per heavy atom. The molecule has 146 valence electrons. The topological polar surface area (TPSA) is 84.2 Å². The monoisotopic (exact) mass is 384 g/mol. The number of carbonyl (C=O) groups excluding carboxylic acids is 1. The highest BCUT2D eigenvalue weighted by atomic mass is 16.6. The number of rotatable bonds is 6. The van der Waals surface area contributed by atoms with E-state index in [4.69, 9.17) is 18.6 Å². The molecule has 2 aromatic carbocycles. The van der Waals surface area contributed by atoms with E-state index < -0.39 is 17.7 Å². The fourth-order valence-corrected chi connectivity index (χ4v) is 2.79. The number of carbonyl (C=O) groups is 1. The van der Waals surface area contributed by atoms with Crippen molar-refractivity contribution in [2.24, 2.45) is 0 Å². The van der Waals surface area contributed by atoms with Gasteiger partial charge in [0.2, 0.25) is 0 Å². The van der Waals surface area contributed by atoms with Crippen molar-refractivity contribution in [2.45, 2.75) is 13.0 Å². The lowest BCUT2D eigenvalue weighted by Crippen LogP contribution is -2.24. The van der Waals surface area contributed by atoms with Crippen LogP contribution in [-0.2, 0) is 9.53 Å². The van der Waals surface area contributed by atoms with Crippen molar-refractivity contribution in [3.05, 3.63) is 52.9 Å². The maximum absolute atomic E-state index is 12.6. The zero-order chi connectivity index (χ0) is 20.3. The Bertz CT molecular complexity index is 1070. The first kappa shape index (κ1) is 19.3. The molecule has 0 bridgehead atoms. The van der Waals surface area contributed by atoms with Gasteiger partial charge in [-0.1, -0.05) is 0 Å². The Morgan fingerprint density at radius 1 is 0.929 bits per heavy atom. The van der Waals surface area contributed by atoms with E-state index in [-0.39, 0.29) is 0 Å². The zero-order valence-electron chi connectivity index (χ0n) is 16.0. The predicted molar refractivity (Wildman–Crippen MR) is 103 cm³/mol. The zero-order valence-corrected chi connectivity index (χ0v) is 16.0. The van der Waals surface area contributed by atoms with E-state index in [9.17, 15) is 9.59 Å². The first-order valence-corrected chi connectivity index (χ1v) is 8.51. The van der Waals surface area contributed by atoms with Gasteiger partial charge in [0.15, 0.2) is 6.10 Å². The minimum absolute atomic E-state index is 0.343. The van der Waals surface area contributed by atoms with Crippen LogP contribution in [0.5, 0.6) is 17.2 Å². The van der Waals surface area contributed by atoms with Gasteiger partial charge in [-0.2, -0.15) is 0 Å². The second kappa shape index (κ2) is 8.04. The summed E-state index contributed by atoms with van der Waals surface area (Å²) in [7, 11) is 4.36. The number of fused-ring (bicyclic) bond motifs is 1. The minimum Gasteiger partial charge on any atom is -0.497 e. The summed E-state index contributed by atoms with van der Waals surface area (Å²) in [6.45, 7) is 1.57. The average molecular weight is 384 g/mol. The smallest absolute Gasteiger partial charge is 0.346 e. The Morgan fingerprint density at radius 3 is 2.36 bits per heavy atom. The van der Waals surface area contributed by atoms with Crippen LogP contribution < -0.4 is 19.8 Å². The Balaban J connectivity index is 2.02. The molecule has 0 saturated heterocycles. The molecule has 1 atom stereocenters. The Kier molecular flexibility index (Phi) is 5.54. The van der Waals surface area contributed by atoms with E-state index >= 15 is 0 Å². The standard InChI is InChI=1S/C21H20O7/c1-12(20(22)26-4)27-15-6-5-13-9-17(21(23)28-18(13)11-15)16-8-7-14(24-2)10-19(16)25-3/h5-12H,1-4H3/t12-/m0/s1. The number of hydrogen-bond donors (Lipinski definition) is 0. The Labute approximate surface area is 161 Å². The molecule has 0 fully saturated rings. The highest BCUT2D eigenvalue weighted by Gasteiger charge is 2.17.